The van der Waals surface area contributed by atoms with Crippen LogP contribution in [0.25, 0.3) is 0 Å². The lowest BCUT2D eigenvalue weighted by atomic mass is 10.2. The van der Waals surface area contributed by atoms with Crippen LogP contribution in [0, 0.1) is 6.92 Å². The van der Waals surface area contributed by atoms with Gasteiger partial charge in [0.1, 0.15) is 5.75 Å². The fraction of sp³-hybridized carbons (Fsp3) is 0.278. The van der Waals surface area contributed by atoms with Crippen molar-refractivity contribution in [1.29, 1.82) is 0 Å². The van der Waals surface area contributed by atoms with Gasteiger partial charge in [0.15, 0.2) is 0 Å². The number of carbonyl (C=O) groups excluding carboxylic acids is 1. The Kier molecular flexibility index (Phi) is 6.02. The molecule has 0 atom stereocenters. The number of carbonyl (C=O) groups is 1. The van der Waals surface area contributed by atoms with E-state index in [4.69, 9.17) is 16.3 Å². The van der Waals surface area contributed by atoms with Crippen molar-refractivity contribution < 1.29 is 9.53 Å². The fourth-order valence-corrected chi connectivity index (χ4v) is 2.44. The maximum absolute atomic E-state index is 12.1. The van der Waals surface area contributed by atoms with Crippen LogP contribution in [0.5, 0.6) is 5.75 Å². The quantitative estimate of drug-likeness (QED) is 0.876. The zero-order valence-corrected chi connectivity index (χ0v) is 14.4. The van der Waals surface area contributed by atoms with E-state index in [0.29, 0.717) is 11.6 Å². The van der Waals surface area contributed by atoms with Crippen molar-refractivity contribution in [2.75, 3.05) is 26.0 Å². The van der Waals surface area contributed by atoms with Crippen molar-refractivity contribution in [3.8, 4) is 5.75 Å². The van der Waals surface area contributed by atoms with Gasteiger partial charge in [-0.25, -0.2) is 0 Å². The van der Waals surface area contributed by atoms with E-state index in [2.05, 4.69) is 5.32 Å². The molecular formula is C18H21ClN2O2. The number of rotatable bonds is 6. The molecule has 5 heteroatoms. The van der Waals surface area contributed by atoms with Crippen LogP contribution in [0.4, 0.5) is 5.69 Å². The van der Waals surface area contributed by atoms with Crippen molar-refractivity contribution >= 4 is 23.2 Å². The summed E-state index contributed by atoms with van der Waals surface area (Å²) in [6.45, 7) is 2.89. The molecule has 0 bridgehead atoms. The van der Waals surface area contributed by atoms with Crippen molar-refractivity contribution in [2.45, 2.75) is 13.5 Å². The van der Waals surface area contributed by atoms with Crippen molar-refractivity contribution in [2.24, 2.45) is 0 Å². The van der Waals surface area contributed by atoms with Crippen molar-refractivity contribution in [3.05, 3.63) is 58.6 Å². The van der Waals surface area contributed by atoms with Gasteiger partial charge in [0.25, 0.3) is 0 Å². The zero-order valence-electron chi connectivity index (χ0n) is 13.6. The molecule has 0 aliphatic rings. The molecule has 0 fully saturated rings. The van der Waals surface area contributed by atoms with Gasteiger partial charge >= 0.3 is 0 Å². The summed E-state index contributed by atoms with van der Waals surface area (Å²) in [6, 6.07) is 13.3. The summed E-state index contributed by atoms with van der Waals surface area (Å²) in [5.74, 6) is 0.666. The molecule has 0 aliphatic heterocycles. The van der Waals surface area contributed by atoms with Gasteiger partial charge in [-0.1, -0.05) is 35.4 Å². The van der Waals surface area contributed by atoms with Gasteiger partial charge in [0, 0.05) is 17.3 Å². The van der Waals surface area contributed by atoms with Gasteiger partial charge in [-0.15, -0.1) is 0 Å². The van der Waals surface area contributed by atoms with Gasteiger partial charge in [-0.3, -0.25) is 9.69 Å². The molecule has 0 saturated carbocycles. The summed E-state index contributed by atoms with van der Waals surface area (Å²) in [4.78, 5) is 14.0. The minimum absolute atomic E-state index is 0.0546. The van der Waals surface area contributed by atoms with Crippen LogP contribution in [-0.4, -0.2) is 31.5 Å². The normalized spacial score (nSPS) is 10.7. The SMILES string of the molecule is COc1ccc(CN(C)CC(=O)Nc2ccc(C)cc2)c(Cl)c1. The molecule has 0 unspecified atom stereocenters. The molecule has 2 aromatic rings. The number of anilines is 1. The number of ether oxygens (including phenoxy) is 1. The van der Waals surface area contributed by atoms with E-state index in [-0.39, 0.29) is 12.5 Å². The molecule has 23 heavy (non-hydrogen) atoms. The van der Waals surface area contributed by atoms with Crippen LogP contribution in [0.3, 0.4) is 0 Å². The lowest BCUT2D eigenvalue weighted by molar-refractivity contribution is -0.117. The van der Waals surface area contributed by atoms with Crippen LogP contribution < -0.4 is 10.1 Å². The number of hydrogen-bond donors (Lipinski definition) is 1. The third-order valence-electron chi connectivity index (χ3n) is 3.45. The highest BCUT2D eigenvalue weighted by molar-refractivity contribution is 6.31. The maximum atomic E-state index is 12.1. The van der Waals surface area contributed by atoms with Crippen LogP contribution >= 0.6 is 11.6 Å². The lowest BCUT2D eigenvalue weighted by Gasteiger charge is -2.17. The van der Waals surface area contributed by atoms with Gasteiger partial charge in [0.05, 0.1) is 13.7 Å². The summed E-state index contributed by atoms with van der Waals surface area (Å²) in [5.41, 5.74) is 2.92. The van der Waals surface area contributed by atoms with Crippen LogP contribution in [0.15, 0.2) is 42.5 Å². The summed E-state index contributed by atoms with van der Waals surface area (Å²) in [7, 11) is 3.49. The van der Waals surface area contributed by atoms with E-state index in [1.165, 1.54) is 0 Å². The Bertz CT molecular complexity index is 671. The Balaban J connectivity index is 1.90. The minimum Gasteiger partial charge on any atom is -0.497 e. The Labute approximate surface area is 142 Å². The molecule has 2 aromatic carbocycles. The first-order chi connectivity index (χ1) is 11.0. The summed E-state index contributed by atoms with van der Waals surface area (Å²) in [5, 5.41) is 3.52. The predicted molar refractivity (Wildman–Crippen MR) is 94.1 cm³/mol. The molecule has 122 valence electrons. The molecule has 0 heterocycles. The second-order valence-corrected chi connectivity index (χ2v) is 5.95. The first kappa shape index (κ1) is 17.3. The molecule has 0 radical (unpaired) electrons. The third kappa shape index (κ3) is 5.27. The molecule has 0 aliphatic carbocycles. The van der Waals surface area contributed by atoms with E-state index in [1.54, 1.807) is 13.2 Å². The number of amides is 1. The number of hydrogen-bond acceptors (Lipinski definition) is 3. The summed E-state index contributed by atoms with van der Waals surface area (Å²) >= 11 is 6.23. The minimum atomic E-state index is -0.0546. The number of nitrogens with zero attached hydrogens (tertiary/aromatic N) is 1. The number of nitrogens with one attached hydrogen (secondary N) is 1. The predicted octanol–water partition coefficient (Wildman–Crippen LogP) is 3.73. The average molecular weight is 333 g/mol. The highest BCUT2D eigenvalue weighted by atomic mass is 35.5. The number of aryl methyl sites for hydroxylation is 1. The largest absolute Gasteiger partial charge is 0.497 e. The number of likely N-dealkylation sites (N-methyl/N-ethyl adjacent to an activating group) is 1. The van der Waals surface area contributed by atoms with Crippen molar-refractivity contribution in [1.82, 2.24) is 4.90 Å². The average Bonchev–Trinajstić information content (AvgIpc) is 2.51. The molecule has 2 rings (SSSR count). The number of benzene rings is 2. The monoisotopic (exact) mass is 332 g/mol. The van der Waals surface area contributed by atoms with Gasteiger partial charge in [-0.05, 0) is 43.8 Å². The Morgan fingerprint density at radius 1 is 1.22 bits per heavy atom. The first-order valence-corrected chi connectivity index (χ1v) is 7.73. The van der Waals surface area contributed by atoms with Gasteiger partial charge in [-0.2, -0.15) is 0 Å². The summed E-state index contributed by atoms with van der Waals surface area (Å²) in [6.07, 6.45) is 0. The Hall–Kier alpha value is -2.04. The zero-order chi connectivity index (χ0) is 16.8. The lowest BCUT2D eigenvalue weighted by Crippen LogP contribution is -2.29. The Morgan fingerprint density at radius 2 is 1.91 bits per heavy atom. The van der Waals surface area contributed by atoms with Crippen molar-refractivity contribution in [3.63, 3.8) is 0 Å². The smallest absolute Gasteiger partial charge is 0.238 e. The van der Waals surface area contributed by atoms with E-state index in [1.807, 2.05) is 55.3 Å². The van der Waals surface area contributed by atoms with E-state index < -0.39 is 0 Å². The second kappa shape index (κ2) is 7.99. The molecule has 0 saturated heterocycles. The highest BCUT2D eigenvalue weighted by Gasteiger charge is 2.10. The molecule has 4 nitrogen and oxygen atoms in total. The standard InChI is InChI=1S/C18H21ClN2O2/c1-13-4-7-15(8-5-13)20-18(22)12-21(2)11-14-6-9-16(23-3)10-17(14)19/h4-10H,11-12H2,1-3H3,(H,20,22). The molecule has 1 amide bonds. The van der Waals surface area contributed by atoms with Crippen LogP contribution in [0.1, 0.15) is 11.1 Å². The maximum Gasteiger partial charge on any atom is 0.238 e. The third-order valence-corrected chi connectivity index (χ3v) is 3.80. The van der Waals surface area contributed by atoms with E-state index in [9.17, 15) is 4.79 Å². The van der Waals surface area contributed by atoms with Gasteiger partial charge in [0.2, 0.25) is 5.91 Å². The van der Waals surface area contributed by atoms with Gasteiger partial charge < -0.3 is 10.1 Å². The number of halogens is 1. The molecule has 1 N–H and O–H groups in total. The Morgan fingerprint density at radius 3 is 2.52 bits per heavy atom. The fourth-order valence-electron chi connectivity index (χ4n) is 2.21. The second-order valence-electron chi connectivity index (χ2n) is 5.54. The number of methoxy groups -OCH3 is 1. The highest BCUT2D eigenvalue weighted by Crippen LogP contribution is 2.23. The molecule has 0 aromatic heterocycles. The van der Waals surface area contributed by atoms with E-state index >= 15 is 0 Å². The summed E-state index contributed by atoms with van der Waals surface area (Å²) < 4.78 is 5.13. The molecular weight excluding hydrogens is 312 g/mol. The van der Waals surface area contributed by atoms with Crippen LogP contribution in [0.2, 0.25) is 5.02 Å². The van der Waals surface area contributed by atoms with Crippen LogP contribution in [-0.2, 0) is 11.3 Å². The van der Waals surface area contributed by atoms with E-state index in [0.717, 1.165) is 22.6 Å². The topological polar surface area (TPSA) is 41.6 Å². The molecule has 0 spiro atoms. The first-order valence-electron chi connectivity index (χ1n) is 7.35.